The summed E-state index contributed by atoms with van der Waals surface area (Å²) >= 11 is 2.25. The SMILES string of the molecule is CC(C)c1cccc(C(C)C)c1N1C=CN(c2c(C(C)C)cccc2C(C)C)[C]1=[Ge]. The van der Waals surface area contributed by atoms with Crippen LogP contribution in [0.4, 0.5) is 11.4 Å². The van der Waals surface area contributed by atoms with Gasteiger partial charge in [-0.15, -0.1) is 0 Å². The van der Waals surface area contributed by atoms with Crippen LogP contribution in [0.15, 0.2) is 48.8 Å². The summed E-state index contributed by atoms with van der Waals surface area (Å²) in [6.07, 6.45) is 4.51. The van der Waals surface area contributed by atoms with E-state index in [1.54, 1.807) is 0 Å². The second kappa shape index (κ2) is 9.13. The second-order valence-corrected chi connectivity index (χ2v) is 10.5. The van der Waals surface area contributed by atoms with Gasteiger partial charge in [-0.05, 0) is 0 Å². The zero-order valence-electron chi connectivity index (χ0n) is 19.8. The second-order valence-electron chi connectivity index (χ2n) is 9.55. The summed E-state index contributed by atoms with van der Waals surface area (Å²) in [4.78, 5) is 4.82. The van der Waals surface area contributed by atoms with Gasteiger partial charge < -0.3 is 0 Å². The van der Waals surface area contributed by atoms with Gasteiger partial charge in [0, 0.05) is 0 Å². The molecule has 2 aromatic carbocycles. The van der Waals surface area contributed by atoms with E-state index in [0.717, 1.165) is 0 Å². The van der Waals surface area contributed by atoms with E-state index in [2.05, 4.69) is 130 Å². The van der Waals surface area contributed by atoms with Crippen molar-refractivity contribution in [2.24, 2.45) is 0 Å². The molecule has 0 amide bonds. The van der Waals surface area contributed by atoms with Gasteiger partial charge in [0.15, 0.2) is 0 Å². The summed E-state index contributed by atoms with van der Waals surface area (Å²) in [6.45, 7) is 18.3. The molecule has 0 saturated carbocycles. The molecule has 30 heavy (non-hydrogen) atoms. The quantitative estimate of drug-likeness (QED) is 0.419. The van der Waals surface area contributed by atoms with Gasteiger partial charge >= 0.3 is 192 Å². The van der Waals surface area contributed by atoms with Crippen LogP contribution < -0.4 is 9.80 Å². The molecule has 158 valence electrons. The van der Waals surface area contributed by atoms with Crippen molar-refractivity contribution >= 4 is 32.0 Å². The van der Waals surface area contributed by atoms with E-state index in [9.17, 15) is 0 Å². The van der Waals surface area contributed by atoms with Crippen LogP contribution in [-0.2, 0) is 0 Å². The van der Waals surface area contributed by atoms with E-state index < -0.39 is 0 Å². The third kappa shape index (κ3) is 4.16. The number of nitrogens with zero attached hydrogens (tertiary/aromatic N) is 2. The van der Waals surface area contributed by atoms with Crippen molar-refractivity contribution in [2.45, 2.75) is 79.1 Å². The van der Waals surface area contributed by atoms with Crippen molar-refractivity contribution in [3.8, 4) is 0 Å². The van der Waals surface area contributed by atoms with Crippen LogP contribution in [0.5, 0.6) is 0 Å². The maximum absolute atomic E-state index is 2.41. The van der Waals surface area contributed by atoms with E-state index >= 15 is 0 Å². The average Bonchev–Trinajstić information content (AvgIpc) is 3.07. The third-order valence-electron chi connectivity index (χ3n) is 5.99. The van der Waals surface area contributed by atoms with E-state index in [-0.39, 0.29) is 0 Å². The molecule has 0 fully saturated rings. The van der Waals surface area contributed by atoms with Crippen molar-refractivity contribution in [2.75, 3.05) is 9.80 Å². The van der Waals surface area contributed by atoms with Gasteiger partial charge in [-0.1, -0.05) is 0 Å². The number of hydrogen-bond donors (Lipinski definition) is 0. The minimum absolute atomic E-state index is 0.475. The number of rotatable bonds is 6. The molecule has 2 aromatic rings. The Morgan fingerprint density at radius 1 is 0.533 bits per heavy atom. The first-order chi connectivity index (χ1) is 14.1. The van der Waals surface area contributed by atoms with Gasteiger partial charge in [-0.3, -0.25) is 0 Å². The van der Waals surface area contributed by atoms with Gasteiger partial charge in [-0.2, -0.15) is 0 Å². The van der Waals surface area contributed by atoms with Crippen LogP contribution >= 0.6 is 0 Å². The topological polar surface area (TPSA) is 6.48 Å². The molecule has 0 N–H and O–H groups in total. The molecule has 3 heteroatoms. The number of hydrogen-bond acceptors (Lipinski definition) is 2. The predicted octanol–water partition coefficient (Wildman–Crippen LogP) is 7.23. The molecule has 0 spiro atoms. The standard InChI is InChI=1S/C27H36GeN2/c1-17(2)21-11-9-12-22(18(3)4)25(21)29-15-16-30(27(29)28)26-23(19(5)6)13-10-14-24(26)20(7)8/h9-20H,1-8H3. The van der Waals surface area contributed by atoms with Crippen molar-refractivity contribution in [1.29, 1.82) is 0 Å². The molecule has 0 saturated heterocycles. The first-order valence-electron chi connectivity index (χ1n) is 11.3. The summed E-state index contributed by atoms with van der Waals surface area (Å²) in [5.41, 5.74) is 8.35. The van der Waals surface area contributed by atoms with E-state index in [0.29, 0.717) is 23.7 Å². The molecule has 2 radical (unpaired) electrons. The van der Waals surface area contributed by atoms with Gasteiger partial charge in [0.2, 0.25) is 0 Å². The van der Waals surface area contributed by atoms with Crippen LogP contribution in [0.1, 0.15) is 101 Å². The molecule has 1 aliphatic heterocycles. The molecule has 2 nitrogen and oxygen atoms in total. The Balaban J connectivity index is 2.14. The Morgan fingerprint density at radius 3 is 1.03 bits per heavy atom. The molecule has 1 aliphatic rings. The fourth-order valence-corrected chi connectivity index (χ4v) is 5.11. The normalized spacial score (nSPS) is 14.3. The summed E-state index contributed by atoms with van der Waals surface area (Å²) < 4.78 is 1.25. The molecule has 1 heterocycles. The summed E-state index contributed by atoms with van der Waals surface area (Å²) in [7, 11) is 0. The monoisotopic (exact) mass is 462 g/mol. The Labute approximate surface area is 191 Å². The van der Waals surface area contributed by atoms with E-state index in [1.165, 1.54) is 38.2 Å². The summed E-state index contributed by atoms with van der Waals surface area (Å²) in [6, 6.07) is 13.6. The molecular weight excluding hydrogens is 425 g/mol. The Kier molecular flexibility index (Phi) is 6.96. The van der Waals surface area contributed by atoms with Crippen molar-refractivity contribution in [3.05, 3.63) is 71.1 Å². The molecule has 0 unspecified atom stereocenters. The average molecular weight is 461 g/mol. The predicted molar refractivity (Wildman–Crippen MR) is 134 cm³/mol. The Hall–Kier alpha value is -1.81. The number of benzene rings is 2. The van der Waals surface area contributed by atoms with Crippen LogP contribution in [0, 0.1) is 0 Å². The van der Waals surface area contributed by atoms with Crippen molar-refractivity contribution < 1.29 is 0 Å². The first kappa shape index (κ1) is 22.9. The molecule has 3 rings (SSSR count). The van der Waals surface area contributed by atoms with Crippen LogP contribution in [0.25, 0.3) is 0 Å². The Bertz CT molecular complexity index is 825. The Morgan fingerprint density at radius 2 is 0.800 bits per heavy atom. The van der Waals surface area contributed by atoms with E-state index in [4.69, 9.17) is 0 Å². The first-order valence-corrected chi connectivity index (χ1v) is 12.3. The van der Waals surface area contributed by atoms with E-state index in [1.807, 2.05) is 0 Å². The van der Waals surface area contributed by atoms with Gasteiger partial charge in [0.05, 0.1) is 0 Å². The van der Waals surface area contributed by atoms with Crippen molar-refractivity contribution in [3.63, 3.8) is 0 Å². The maximum atomic E-state index is 2.41. The summed E-state index contributed by atoms with van der Waals surface area (Å²) in [5.74, 6) is 1.90. The van der Waals surface area contributed by atoms with Crippen molar-refractivity contribution in [1.82, 2.24) is 0 Å². The van der Waals surface area contributed by atoms with Gasteiger partial charge in [0.25, 0.3) is 0 Å². The minimum atomic E-state index is 0.475. The molecule has 0 atom stereocenters. The van der Waals surface area contributed by atoms with Crippen LogP contribution in [0.2, 0.25) is 0 Å². The molecular formula is C27H36GeN2. The number of anilines is 2. The fraction of sp³-hybridized carbons (Fsp3) is 0.444. The molecule has 0 aliphatic carbocycles. The fourth-order valence-electron chi connectivity index (χ4n) is 4.33. The zero-order chi connectivity index (χ0) is 22.2. The molecule has 0 bridgehead atoms. The number of para-hydroxylation sites is 2. The summed E-state index contributed by atoms with van der Waals surface area (Å²) in [5, 5.41) is 0. The van der Waals surface area contributed by atoms with Crippen LogP contribution in [0.3, 0.4) is 0 Å². The van der Waals surface area contributed by atoms with Crippen LogP contribution in [-0.4, -0.2) is 20.7 Å². The van der Waals surface area contributed by atoms with Gasteiger partial charge in [-0.25, -0.2) is 0 Å². The third-order valence-corrected chi connectivity index (χ3v) is 7.00. The molecule has 0 aromatic heterocycles. The van der Waals surface area contributed by atoms with Gasteiger partial charge in [0.1, 0.15) is 0 Å². The zero-order valence-corrected chi connectivity index (χ0v) is 21.9.